The van der Waals surface area contributed by atoms with Gasteiger partial charge in [0.15, 0.2) is 3.79 Å². The Morgan fingerprint density at radius 1 is 1.12 bits per heavy atom. The van der Waals surface area contributed by atoms with Crippen molar-refractivity contribution in [3.8, 4) is 0 Å². The molecule has 0 fully saturated rings. The van der Waals surface area contributed by atoms with Crippen molar-refractivity contribution >= 4 is 64.4 Å². The van der Waals surface area contributed by atoms with Crippen LogP contribution < -0.4 is 0 Å². The van der Waals surface area contributed by atoms with Gasteiger partial charge in [0, 0.05) is 6.04 Å². The van der Waals surface area contributed by atoms with Gasteiger partial charge in [-0.1, -0.05) is 34.8 Å². The molecule has 6 heteroatoms. The van der Waals surface area contributed by atoms with Gasteiger partial charge in [-0.25, -0.2) is 0 Å². The summed E-state index contributed by atoms with van der Waals surface area (Å²) >= 11 is 26.8. The van der Waals surface area contributed by atoms with E-state index in [2.05, 4.69) is 0 Å². The van der Waals surface area contributed by atoms with E-state index < -0.39 is 11.2 Å². The van der Waals surface area contributed by atoms with Gasteiger partial charge in [0.2, 0.25) is 7.42 Å². The molecule has 0 aromatic heterocycles. The Bertz CT molecular complexity index is 65.3. The summed E-state index contributed by atoms with van der Waals surface area (Å²) in [6, 6.07) is 0.292. The topological polar surface area (TPSA) is 0 Å². The largest absolute Gasteiger partial charge is 0.241 e. The van der Waals surface area contributed by atoms with Crippen molar-refractivity contribution in [1.29, 1.82) is 0 Å². The Morgan fingerprint density at radius 3 is 1.50 bits per heavy atom. The lowest BCUT2D eigenvalue weighted by Gasteiger charge is -2.08. The van der Waals surface area contributed by atoms with Crippen molar-refractivity contribution in [3.63, 3.8) is 0 Å². The van der Waals surface area contributed by atoms with Crippen LogP contribution in [0.4, 0.5) is 0 Å². The molecule has 0 aliphatic rings. The molecule has 0 aromatic carbocycles. The number of hydrogen-bond acceptors (Lipinski definition) is 0. The molecule has 0 radical (unpaired) electrons. The van der Waals surface area contributed by atoms with Gasteiger partial charge in [-0.15, -0.1) is 0 Å². The third-order valence-electron chi connectivity index (χ3n) is 0.386. The second-order valence-electron chi connectivity index (χ2n) is 1.21. The monoisotopic (exact) mass is 230 g/mol. The van der Waals surface area contributed by atoms with E-state index in [0.717, 1.165) is 0 Å². The van der Waals surface area contributed by atoms with E-state index in [9.17, 15) is 0 Å². The van der Waals surface area contributed by atoms with Crippen LogP contribution in [0.25, 0.3) is 0 Å². The summed E-state index contributed by atoms with van der Waals surface area (Å²) in [4.78, 5) is 0. The molecular formula is C2H3Cl5Si. The molecule has 0 amide bonds. The molecule has 0 atom stereocenters. The van der Waals surface area contributed by atoms with Gasteiger partial charge in [-0.3, -0.25) is 0 Å². The summed E-state index contributed by atoms with van der Waals surface area (Å²) in [5.41, 5.74) is 0. The maximum absolute atomic E-state index is 5.41. The number of rotatable bonds is 1. The summed E-state index contributed by atoms with van der Waals surface area (Å²) in [6.07, 6.45) is 0. The molecule has 0 spiro atoms. The zero-order chi connectivity index (χ0) is 6.78. The Morgan fingerprint density at radius 2 is 1.50 bits per heavy atom. The zero-order valence-corrected chi connectivity index (χ0v) is 8.61. The van der Waals surface area contributed by atoms with Crippen molar-refractivity contribution in [1.82, 2.24) is 0 Å². The van der Waals surface area contributed by atoms with Crippen LogP contribution in [0.1, 0.15) is 0 Å². The Hall–Kier alpha value is 1.67. The Balaban J connectivity index is 3.39. The Kier molecular flexibility index (Phi) is 4.52. The number of hydrogen-bond donors (Lipinski definition) is 0. The summed E-state index contributed by atoms with van der Waals surface area (Å²) in [7, 11) is -1.75. The fraction of sp³-hybridized carbons (Fsp3) is 1.00. The fourth-order valence-corrected chi connectivity index (χ4v) is 4.72. The highest BCUT2D eigenvalue weighted by Crippen LogP contribution is 2.33. The predicted molar refractivity (Wildman–Crippen MR) is 44.0 cm³/mol. The van der Waals surface area contributed by atoms with Crippen molar-refractivity contribution in [2.75, 3.05) is 0 Å². The SMILES string of the molecule is Cl[SiH](Cl)CC(Cl)(Cl)Cl. The lowest BCUT2D eigenvalue weighted by Crippen LogP contribution is -2.08. The molecule has 0 saturated heterocycles. The summed E-state index contributed by atoms with van der Waals surface area (Å²) < 4.78 is -1.26. The van der Waals surface area contributed by atoms with Crippen LogP contribution in [0.3, 0.4) is 0 Å². The smallest absolute Gasteiger partial charge is 0.150 e. The molecule has 0 aliphatic heterocycles. The quantitative estimate of drug-likeness (QED) is 0.370. The first kappa shape index (κ1) is 9.67. The van der Waals surface area contributed by atoms with E-state index in [1.807, 2.05) is 0 Å². The third-order valence-corrected chi connectivity index (χ3v) is 3.47. The average molecular weight is 232 g/mol. The maximum atomic E-state index is 5.41. The van der Waals surface area contributed by atoms with E-state index in [1.54, 1.807) is 0 Å². The maximum Gasteiger partial charge on any atom is 0.241 e. The molecule has 50 valence electrons. The minimum Gasteiger partial charge on any atom is -0.150 e. The highest BCUT2D eigenvalue weighted by atomic mass is 35.7. The van der Waals surface area contributed by atoms with Crippen LogP contribution in [0.2, 0.25) is 6.04 Å². The van der Waals surface area contributed by atoms with Crippen LogP contribution in [-0.2, 0) is 0 Å². The summed E-state index contributed by atoms with van der Waals surface area (Å²) in [5, 5.41) is 0. The molecular weight excluding hydrogens is 229 g/mol. The number of halogens is 5. The van der Waals surface area contributed by atoms with Gasteiger partial charge < -0.3 is 0 Å². The molecule has 0 aromatic rings. The number of alkyl halides is 3. The van der Waals surface area contributed by atoms with Gasteiger partial charge in [-0.2, -0.15) is 22.2 Å². The van der Waals surface area contributed by atoms with Crippen LogP contribution in [0.5, 0.6) is 0 Å². The van der Waals surface area contributed by atoms with Gasteiger partial charge >= 0.3 is 0 Å². The lowest BCUT2D eigenvalue weighted by molar-refractivity contribution is 1.25. The molecule has 0 rings (SSSR count). The summed E-state index contributed by atoms with van der Waals surface area (Å²) in [6.45, 7) is 0. The first-order valence-corrected chi connectivity index (χ1v) is 7.21. The fourth-order valence-electron chi connectivity index (χ4n) is 0.175. The normalized spacial score (nSPS) is 12.8. The lowest BCUT2D eigenvalue weighted by atomic mass is 10.9. The second-order valence-corrected chi connectivity index (χ2v) is 8.75. The molecule has 0 nitrogen and oxygen atoms in total. The zero-order valence-electron chi connectivity index (χ0n) is 3.67. The van der Waals surface area contributed by atoms with Gasteiger partial charge in [0.05, 0.1) is 0 Å². The van der Waals surface area contributed by atoms with Crippen molar-refractivity contribution in [2.24, 2.45) is 0 Å². The van der Waals surface area contributed by atoms with Crippen molar-refractivity contribution in [3.05, 3.63) is 0 Å². The van der Waals surface area contributed by atoms with Crippen molar-refractivity contribution < 1.29 is 0 Å². The van der Waals surface area contributed by atoms with Crippen LogP contribution in [0, 0.1) is 0 Å². The highest BCUT2D eigenvalue weighted by Gasteiger charge is 2.23. The third kappa shape index (κ3) is 7.67. The molecule has 0 N–H and O–H groups in total. The Labute approximate surface area is 74.0 Å². The van der Waals surface area contributed by atoms with E-state index in [4.69, 9.17) is 57.0 Å². The van der Waals surface area contributed by atoms with Crippen LogP contribution in [-0.4, -0.2) is 11.2 Å². The van der Waals surface area contributed by atoms with Crippen LogP contribution in [0.15, 0.2) is 0 Å². The highest BCUT2D eigenvalue weighted by molar-refractivity contribution is 7.34. The van der Waals surface area contributed by atoms with E-state index in [-0.39, 0.29) is 0 Å². The predicted octanol–water partition coefficient (Wildman–Crippen LogP) is 3.05. The van der Waals surface area contributed by atoms with Gasteiger partial charge in [0.1, 0.15) is 0 Å². The van der Waals surface area contributed by atoms with E-state index >= 15 is 0 Å². The minimum atomic E-state index is -1.75. The molecule has 0 aliphatic carbocycles. The molecule has 0 heterocycles. The molecule has 0 bridgehead atoms. The molecule has 8 heavy (non-hydrogen) atoms. The van der Waals surface area contributed by atoms with Gasteiger partial charge in [-0.05, 0) is 0 Å². The van der Waals surface area contributed by atoms with Gasteiger partial charge in [0.25, 0.3) is 0 Å². The van der Waals surface area contributed by atoms with E-state index in [1.165, 1.54) is 0 Å². The summed E-state index contributed by atoms with van der Waals surface area (Å²) in [5.74, 6) is 0. The minimum absolute atomic E-state index is 0.292. The van der Waals surface area contributed by atoms with E-state index in [0.29, 0.717) is 6.04 Å². The first-order chi connectivity index (χ1) is 3.42. The standard InChI is InChI=1S/C2H3Cl5Si/c3-2(4,5)1-8(6)7/h8H,1H2. The van der Waals surface area contributed by atoms with Crippen LogP contribution >= 0.6 is 57.0 Å². The first-order valence-electron chi connectivity index (χ1n) is 1.77. The molecule has 0 unspecified atom stereocenters. The second kappa shape index (κ2) is 3.74. The molecule has 0 saturated carbocycles. The average Bonchev–Trinajstić information content (AvgIpc) is 1.21. The van der Waals surface area contributed by atoms with Crippen molar-refractivity contribution in [2.45, 2.75) is 9.84 Å².